The molecule has 0 aliphatic carbocycles. The zero-order valence-corrected chi connectivity index (χ0v) is 11.7. The molecule has 0 aromatic carbocycles. The van der Waals surface area contributed by atoms with Crippen LogP contribution in [0.5, 0.6) is 0 Å². The molecule has 0 saturated heterocycles. The fourth-order valence-electron chi connectivity index (χ4n) is 1.63. The molecule has 0 spiro atoms. The Bertz CT molecular complexity index is 339. The van der Waals surface area contributed by atoms with Crippen molar-refractivity contribution in [2.45, 2.75) is 33.2 Å². The van der Waals surface area contributed by atoms with E-state index < -0.39 is 0 Å². The highest BCUT2D eigenvalue weighted by atomic mass is 35.5. The van der Waals surface area contributed by atoms with Gasteiger partial charge in [-0.1, -0.05) is 18.5 Å². The van der Waals surface area contributed by atoms with Crippen molar-refractivity contribution in [3.05, 3.63) is 17.0 Å². The van der Waals surface area contributed by atoms with E-state index in [2.05, 4.69) is 28.7 Å². The van der Waals surface area contributed by atoms with E-state index in [1.807, 2.05) is 6.92 Å². The average molecular weight is 258 g/mol. The van der Waals surface area contributed by atoms with Gasteiger partial charge in [0.25, 0.3) is 0 Å². The predicted molar refractivity (Wildman–Crippen MR) is 70.8 cm³/mol. The highest BCUT2D eigenvalue weighted by Crippen LogP contribution is 2.19. The number of aryl methyl sites for hydroxylation is 1. The predicted octanol–water partition coefficient (Wildman–Crippen LogP) is 2.69. The van der Waals surface area contributed by atoms with Crippen LogP contribution in [-0.4, -0.2) is 36.3 Å². The molecule has 1 atom stereocenters. The molecule has 1 heterocycles. The lowest BCUT2D eigenvalue weighted by atomic mass is 10.2. The summed E-state index contributed by atoms with van der Waals surface area (Å²) >= 11 is 5.97. The number of nitrogens with zero attached hydrogens (tertiary/aromatic N) is 3. The topological polar surface area (TPSA) is 38.2 Å². The normalized spacial score (nSPS) is 12.5. The van der Waals surface area contributed by atoms with E-state index in [9.17, 15) is 0 Å². The molecule has 96 valence electrons. The third kappa shape index (κ3) is 4.13. The van der Waals surface area contributed by atoms with E-state index in [0.717, 1.165) is 18.8 Å². The number of rotatable bonds is 6. The lowest BCUT2D eigenvalue weighted by molar-refractivity contribution is 0.203. The minimum atomic E-state index is 0.399. The quantitative estimate of drug-likeness (QED) is 0.735. The molecule has 0 aliphatic rings. The highest BCUT2D eigenvalue weighted by molar-refractivity contribution is 6.29. The van der Waals surface area contributed by atoms with Gasteiger partial charge in [0, 0.05) is 25.8 Å². The summed E-state index contributed by atoms with van der Waals surface area (Å²) in [5, 5.41) is 0.484. The van der Waals surface area contributed by atoms with E-state index in [4.69, 9.17) is 16.3 Å². The van der Waals surface area contributed by atoms with Crippen molar-refractivity contribution in [2.24, 2.45) is 0 Å². The van der Waals surface area contributed by atoms with E-state index in [1.165, 1.54) is 0 Å². The summed E-state index contributed by atoms with van der Waals surface area (Å²) in [5.41, 5.74) is 0. The molecule has 1 unspecified atom stereocenters. The van der Waals surface area contributed by atoms with Gasteiger partial charge in [0.05, 0.1) is 6.61 Å². The molecule has 0 saturated carbocycles. The molecule has 17 heavy (non-hydrogen) atoms. The Morgan fingerprint density at radius 1 is 1.47 bits per heavy atom. The van der Waals surface area contributed by atoms with Gasteiger partial charge in [0.2, 0.25) is 0 Å². The van der Waals surface area contributed by atoms with E-state index in [0.29, 0.717) is 23.6 Å². The van der Waals surface area contributed by atoms with Crippen LogP contribution in [-0.2, 0) is 4.74 Å². The van der Waals surface area contributed by atoms with Gasteiger partial charge in [0.1, 0.15) is 16.8 Å². The van der Waals surface area contributed by atoms with Crippen LogP contribution in [0, 0.1) is 6.92 Å². The molecule has 0 bridgehead atoms. The number of hydrogen-bond donors (Lipinski definition) is 0. The molecule has 0 N–H and O–H groups in total. The van der Waals surface area contributed by atoms with E-state index >= 15 is 0 Å². The van der Waals surface area contributed by atoms with Gasteiger partial charge in [-0.05, 0) is 20.3 Å². The number of halogens is 1. The number of ether oxygens (including phenoxy) is 1. The Hall–Kier alpha value is -0.870. The molecule has 1 rings (SSSR count). The van der Waals surface area contributed by atoms with Crippen molar-refractivity contribution < 1.29 is 4.74 Å². The van der Waals surface area contributed by atoms with Gasteiger partial charge in [-0.3, -0.25) is 0 Å². The Balaban J connectivity index is 2.94. The zero-order chi connectivity index (χ0) is 12.8. The number of anilines is 1. The maximum atomic E-state index is 5.97. The van der Waals surface area contributed by atoms with E-state index in [1.54, 1.807) is 13.2 Å². The Morgan fingerprint density at radius 3 is 2.71 bits per heavy atom. The zero-order valence-electron chi connectivity index (χ0n) is 10.9. The Labute approximate surface area is 108 Å². The maximum absolute atomic E-state index is 5.97. The molecular weight excluding hydrogens is 238 g/mol. The van der Waals surface area contributed by atoms with Crippen LogP contribution in [0.4, 0.5) is 5.82 Å². The molecule has 0 amide bonds. The van der Waals surface area contributed by atoms with Gasteiger partial charge in [-0.25, -0.2) is 9.97 Å². The van der Waals surface area contributed by atoms with Crippen LogP contribution < -0.4 is 4.90 Å². The molecule has 5 heteroatoms. The SMILES string of the molecule is CCC(C)N(CCOC)c1cc(Cl)nc(C)n1. The second kappa shape index (κ2) is 6.77. The number of aromatic nitrogens is 2. The summed E-state index contributed by atoms with van der Waals surface area (Å²) in [6.45, 7) is 7.64. The molecule has 0 radical (unpaired) electrons. The van der Waals surface area contributed by atoms with Crippen LogP contribution in [0.25, 0.3) is 0 Å². The second-order valence-electron chi connectivity index (χ2n) is 4.04. The largest absolute Gasteiger partial charge is 0.383 e. The summed E-state index contributed by atoms with van der Waals surface area (Å²) in [6.07, 6.45) is 1.05. The molecular formula is C12H20ClN3O. The van der Waals surface area contributed by atoms with Crippen molar-refractivity contribution in [3.8, 4) is 0 Å². The van der Waals surface area contributed by atoms with Crippen LogP contribution in [0.15, 0.2) is 6.07 Å². The van der Waals surface area contributed by atoms with Crippen molar-refractivity contribution in [3.63, 3.8) is 0 Å². The Kier molecular flexibility index (Phi) is 5.65. The van der Waals surface area contributed by atoms with Crippen molar-refractivity contribution in [2.75, 3.05) is 25.2 Å². The maximum Gasteiger partial charge on any atom is 0.134 e. The van der Waals surface area contributed by atoms with Crippen molar-refractivity contribution in [1.29, 1.82) is 0 Å². The van der Waals surface area contributed by atoms with Crippen molar-refractivity contribution in [1.82, 2.24) is 9.97 Å². The summed E-state index contributed by atoms with van der Waals surface area (Å²) < 4.78 is 5.13. The molecule has 0 fully saturated rings. The fraction of sp³-hybridized carbons (Fsp3) is 0.667. The van der Waals surface area contributed by atoms with Gasteiger partial charge >= 0.3 is 0 Å². The summed E-state index contributed by atoms with van der Waals surface area (Å²) in [4.78, 5) is 10.7. The van der Waals surface area contributed by atoms with E-state index in [-0.39, 0.29) is 0 Å². The summed E-state index contributed by atoms with van der Waals surface area (Å²) in [6, 6.07) is 2.20. The fourth-order valence-corrected chi connectivity index (χ4v) is 1.85. The monoisotopic (exact) mass is 257 g/mol. The lowest BCUT2D eigenvalue weighted by Crippen LogP contribution is -2.36. The van der Waals surface area contributed by atoms with Gasteiger partial charge in [-0.2, -0.15) is 0 Å². The summed E-state index contributed by atoms with van der Waals surface area (Å²) in [5.74, 6) is 1.56. The van der Waals surface area contributed by atoms with Crippen LogP contribution >= 0.6 is 11.6 Å². The van der Waals surface area contributed by atoms with Gasteiger partial charge in [-0.15, -0.1) is 0 Å². The molecule has 4 nitrogen and oxygen atoms in total. The van der Waals surface area contributed by atoms with Gasteiger partial charge < -0.3 is 9.64 Å². The molecule has 0 aliphatic heterocycles. The first kappa shape index (κ1) is 14.2. The minimum absolute atomic E-state index is 0.399. The van der Waals surface area contributed by atoms with Gasteiger partial charge in [0.15, 0.2) is 0 Å². The smallest absolute Gasteiger partial charge is 0.134 e. The first-order valence-corrected chi connectivity index (χ1v) is 6.23. The standard InChI is InChI=1S/C12H20ClN3O/c1-5-9(2)16(6-7-17-4)12-8-11(13)14-10(3)15-12/h8-9H,5-7H2,1-4H3. The summed E-state index contributed by atoms with van der Waals surface area (Å²) in [7, 11) is 1.70. The average Bonchev–Trinajstić information content (AvgIpc) is 2.28. The number of hydrogen-bond acceptors (Lipinski definition) is 4. The van der Waals surface area contributed by atoms with Crippen molar-refractivity contribution >= 4 is 17.4 Å². The minimum Gasteiger partial charge on any atom is -0.383 e. The first-order chi connectivity index (χ1) is 8.08. The molecule has 1 aromatic rings. The lowest BCUT2D eigenvalue weighted by Gasteiger charge is -2.29. The first-order valence-electron chi connectivity index (χ1n) is 5.85. The van der Waals surface area contributed by atoms with Crippen LogP contribution in [0.1, 0.15) is 26.1 Å². The number of methoxy groups -OCH3 is 1. The molecule has 1 aromatic heterocycles. The third-order valence-electron chi connectivity index (χ3n) is 2.75. The Morgan fingerprint density at radius 2 is 2.18 bits per heavy atom. The van der Waals surface area contributed by atoms with Crippen LogP contribution in [0.2, 0.25) is 5.15 Å². The second-order valence-corrected chi connectivity index (χ2v) is 4.43. The third-order valence-corrected chi connectivity index (χ3v) is 2.94. The van der Waals surface area contributed by atoms with Crippen LogP contribution in [0.3, 0.4) is 0 Å². The highest BCUT2D eigenvalue weighted by Gasteiger charge is 2.15.